The van der Waals surface area contributed by atoms with Crippen molar-refractivity contribution >= 4 is 3.26 Å². The van der Waals surface area contributed by atoms with Crippen LogP contribution in [0.1, 0.15) is 44.6 Å². The number of hydrogen-bond donors (Lipinski definition) is 0. The Labute approximate surface area is 147 Å². The summed E-state index contributed by atoms with van der Waals surface area (Å²) >= 11 is -2.09. The molecule has 0 N–H and O–H groups in total. The third-order valence-corrected chi connectivity index (χ3v) is 17.4. The van der Waals surface area contributed by atoms with Crippen LogP contribution >= 0.6 is 0 Å². The van der Waals surface area contributed by atoms with E-state index < -0.39 is 21.0 Å². The molecule has 0 bridgehead atoms. The van der Waals surface area contributed by atoms with E-state index in [-0.39, 0.29) is 0 Å². The molecule has 1 aromatic carbocycles. The van der Waals surface area contributed by atoms with E-state index in [2.05, 4.69) is 67.6 Å². The summed E-state index contributed by atoms with van der Waals surface area (Å²) in [7, 11) is 0. The second-order valence-electron chi connectivity index (χ2n) is 6.82. The van der Waals surface area contributed by atoms with Gasteiger partial charge in [-0.3, -0.25) is 0 Å². The average Bonchev–Trinajstić information content (AvgIpc) is 3.27. The third-order valence-electron chi connectivity index (χ3n) is 5.46. The first-order valence-electron chi connectivity index (χ1n) is 8.87. The van der Waals surface area contributed by atoms with Gasteiger partial charge in [0, 0.05) is 0 Å². The summed E-state index contributed by atoms with van der Waals surface area (Å²) in [6.07, 6.45) is 18.8. The van der Waals surface area contributed by atoms with Gasteiger partial charge in [-0.1, -0.05) is 0 Å². The zero-order valence-electron chi connectivity index (χ0n) is 13.9. The van der Waals surface area contributed by atoms with Gasteiger partial charge in [0.1, 0.15) is 0 Å². The standard InChI is InChI=1S/C9H11.C8H8.C5H5.Hf/c1-2-5-9-7-3-6-8(9)4-1;1-2-8-6-4-3-5-7-8;1-2-4-5-3-1;/h3,6-7H,1-2,4-5H2;3-7H,1H3;1-3H,4H2;. The first-order valence-corrected chi connectivity index (χ1v) is 14.5. The molecule has 0 aliphatic heterocycles. The van der Waals surface area contributed by atoms with Crippen molar-refractivity contribution in [3.05, 3.63) is 80.8 Å². The summed E-state index contributed by atoms with van der Waals surface area (Å²) in [4.78, 5) is 0. The molecular formula is C22H24Hf. The second-order valence-corrected chi connectivity index (χ2v) is 17.0. The van der Waals surface area contributed by atoms with Crippen molar-refractivity contribution in [2.45, 2.75) is 42.7 Å². The molecule has 0 spiro atoms. The minimum absolute atomic E-state index is 0.793. The Morgan fingerprint density at radius 1 is 1.09 bits per heavy atom. The Morgan fingerprint density at radius 2 is 1.91 bits per heavy atom. The zero-order valence-corrected chi connectivity index (χ0v) is 17.5. The van der Waals surface area contributed by atoms with Crippen LogP contribution in [0, 0.1) is 0 Å². The van der Waals surface area contributed by atoms with Gasteiger partial charge in [-0.05, 0) is 0 Å². The van der Waals surface area contributed by atoms with E-state index in [1.165, 1.54) is 37.7 Å². The Hall–Kier alpha value is -1.08. The van der Waals surface area contributed by atoms with Crippen molar-refractivity contribution in [1.29, 1.82) is 0 Å². The van der Waals surface area contributed by atoms with E-state index in [4.69, 9.17) is 0 Å². The molecule has 0 aromatic heterocycles. The summed E-state index contributed by atoms with van der Waals surface area (Å²) in [5.41, 5.74) is 5.00. The second kappa shape index (κ2) is 6.81. The van der Waals surface area contributed by atoms with Crippen molar-refractivity contribution in [2.24, 2.45) is 0 Å². The Balaban J connectivity index is 1.81. The quantitative estimate of drug-likeness (QED) is 0.485. The van der Waals surface area contributed by atoms with Crippen LogP contribution in [0.3, 0.4) is 0 Å². The van der Waals surface area contributed by atoms with Gasteiger partial charge in [-0.2, -0.15) is 0 Å². The van der Waals surface area contributed by atoms with Gasteiger partial charge in [-0.15, -0.1) is 0 Å². The van der Waals surface area contributed by atoms with Crippen LogP contribution in [-0.2, 0) is 21.0 Å². The molecule has 116 valence electrons. The van der Waals surface area contributed by atoms with Crippen molar-refractivity contribution in [3.63, 3.8) is 0 Å². The van der Waals surface area contributed by atoms with Crippen molar-refractivity contribution < 1.29 is 21.0 Å². The van der Waals surface area contributed by atoms with Crippen LogP contribution in [0.25, 0.3) is 0 Å². The van der Waals surface area contributed by atoms with Gasteiger partial charge >= 0.3 is 148 Å². The van der Waals surface area contributed by atoms with E-state index in [9.17, 15) is 0 Å². The molecule has 0 fully saturated rings. The van der Waals surface area contributed by atoms with Crippen LogP contribution in [-0.4, -0.2) is 3.26 Å². The molecule has 1 aromatic rings. The maximum absolute atomic E-state index is 2.59. The fourth-order valence-corrected chi connectivity index (χ4v) is 16.5. The molecule has 0 nitrogen and oxygen atoms in total. The molecule has 23 heavy (non-hydrogen) atoms. The van der Waals surface area contributed by atoms with E-state index in [1.807, 2.05) is 5.57 Å². The normalized spacial score (nSPS) is 23.9. The Morgan fingerprint density at radius 3 is 2.70 bits per heavy atom. The first kappa shape index (κ1) is 15.4. The van der Waals surface area contributed by atoms with Gasteiger partial charge in [-0.25, -0.2) is 0 Å². The average molecular weight is 467 g/mol. The van der Waals surface area contributed by atoms with Gasteiger partial charge < -0.3 is 0 Å². The third kappa shape index (κ3) is 3.01. The van der Waals surface area contributed by atoms with Gasteiger partial charge in [0.25, 0.3) is 0 Å². The Kier molecular flexibility index (Phi) is 4.57. The van der Waals surface area contributed by atoms with Crippen LogP contribution in [0.4, 0.5) is 0 Å². The molecule has 4 rings (SSSR count). The summed E-state index contributed by atoms with van der Waals surface area (Å²) in [6.45, 7) is 2.44. The molecule has 0 amide bonds. The summed E-state index contributed by atoms with van der Waals surface area (Å²) in [5, 5.41) is 0. The molecule has 0 radical (unpaired) electrons. The molecule has 1 unspecified atom stereocenters. The first-order chi connectivity index (χ1) is 11.3. The summed E-state index contributed by atoms with van der Waals surface area (Å²) in [6, 6.07) is 11.2. The van der Waals surface area contributed by atoms with Crippen LogP contribution in [0.5, 0.6) is 0 Å². The van der Waals surface area contributed by atoms with Gasteiger partial charge in [0.2, 0.25) is 0 Å². The molecule has 0 heterocycles. The van der Waals surface area contributed by atoms with Crippen molar-refractivity contribution in [3.8, 4) is 0 Å². The fraction of sp³-hybridized carbons (Fsp3) is 0.318. The predicted octanol–water partition coefficient (Wildman–Crippen LogP) is 5.92. The topological polar surface area (TPSA) is 0 Å². The molecule has 1 heteroatoms. The van der Waals surface area contributed by atoms with Crippen LogP contribution in [0.2, 0.25) is 3.67 Å². The SMILES string of the molecule is C/[C](c1ccccc1)=[Hf](\[C]1=CC=CC1)[CH]1C=CC2=C1CCCC2. The maximum atomic E-state index is 2.59. The number of benzene rings is 1. The van der Waals surface area contributed by atoms with E-state index in [1.54, 1.807) is 12.2 Å². The summed E-state index contributed by atoms with van der Waals surface area (Å²) < 4.78 is 4.33. The zero-order chi connectivity index (χ0) is 15.6. The van der Waals surface area contributed by atoms with Crippen LogP contribution < -0.4 is 0 Å². The molecular weight excluding hydrogens is 443 g/mol. The molecule has 0 saturated heterocycles. The molecule has 3 aliphatic rings. The molecule has 3 aliphatic carbocycles. The van der Waals surface area contributed by atoms with E-state index in [0.29, 0.717) is 0 Å². The number of rotatable bonds is 3. The van der Waals surface area contributed by atoms with Gasteiger partial charge in [0.05, 0.1) is 0 Å². The number of allylic oxidation sites excluding steroid dienone is 8. The van der Waals surface area contributed by atoms with Crippen molar-refractivity contribution in [1.82, 2.24) is 0 Å². The van der Waals surface area contributed by atoms with Gasteiger partial charge in [0.15, 0.2) is 0 Å². The van der Waals surface area contributed by atoms with Crippen molar-refractivity contribution in [2.75, 3.05) is 0 Å². The van der Waals surface area contributed by atoms with E-state index in [0.717, 1.165) is 3.67 Å². The number of hydrogen-bond acceptors (Lipinski definition) is 0. The fourth-order valence-electron chi connectivity index (χ4n) is 4.26. The summed E-state index contributed by atoms with van der Waals surface area (Å²) in [5.74, 6) is 0. The molecule has 0 saturated carbocycles. The van der Waals surface area contributed by atoms with Crippen LogP contribution in [0.15, 0.2) is 75.2 Å². The minimum atomic E-state index is -2.09. The monoisotopic (exact) mass is 468 g/mol. The molecule has 1 atom stereocenters. The predicted molar refractivity (Wildman–Crippen MR) is 96.4 cm³/mol. The Bertz CT molecular complexity index is 756. The van der Waals surface area contributed by atoms with E-state index >= 15 is 0 Å².